The van der Waals surface area contributed by atoms with Gasteiger partial charge in [0, 0.05) is 0 Å². The van der Waals surface area contributed by atoms with E-state index in [9.17, 15) is 0 Å². The van der Waals surface area contributed by atoms with Gasteiger partial charge < -0.3 is 4.74 Å². The van der Waals surface area contributed by atoms with E-state index >= 15 is 0 Å². The molecule has 0 aliphatic carbocycles. The van der Waals surface area contributed by atoms with Gasteiger partial charge in [0.25, 0.3) is 5.88 Å². The Balaban J connectivity index is 2.21. The van der Waals surface area contributed by atoms with E-state index in [-0.39, 0.29) is 0 Å². The molecule has 0 amide bonds. The number of nitrogens with one attached hydrogen (secondary N) is 1. The van der Waals surface area contributed by atoms with Crippen molar-refractivity contribution in [1.29, 1.82) is 0 Å². The first-order chi connectivity index (χ1) is 7.22. The number of aryl methyl sites for hydroxylation is 1. The third kappa shape index (κ3) is 1.92. The smallest absolute Gasteiger partial charge is 0.256 e. The molecule has 2 rings (SSSR count). The quantitative estimate of drug-likeness (QED) is 0.817. The predicted octanol–water partition coefficient (Wildman–Crippen LogP) is 2.20. The maximum absolute atomic E-state index is 6.06. The summed E-state index contributed by atoms with van der Waals surface area (Å²) in [5, 5.41) is 7.56. The molecule has 0 aromatic carbocycles. The van der Waals surface area contributed by atoms with Crippen LogP contribution in [0.1, 0.15) is 25.6 Å². The molecular weight excluding hydrogens is 216 g/mol. The molecule has 6 heteroatoms. The molecule has 0 unspecified atom stereocenters. The Morgan fingerprint density at radius 1 is 1.53 bits per heavy atom. The van der Waals surface area contributed by atoms with E-state index in [1.165, 1.54) is 4.63 Å². The Kier molecular flexibility index (Phi) is 2.81. The van der Waals surface area contributed by atoms with Gasteiger partial charge in [-0.25, -0.2) is 4.98 Å². The molecule has 2 heterocycles. The van der Waals surface area contributed by atoms with E-state index in [1.807, 2.05) is 6.92 Å². The van der Waals surface area contributed by atoms with Gasteiger partial charge in [-0.15, -0.1) is 9.73 Å². The molecule has 0 fully saturated rings. The molecule has 0 aliphatic rings. The molecule has 0 bridgehead atoms. The van der Waals surface area contributed by atoms with Crippen molar-refractivity contribution in [3.8, 4) is 5.88 Å². The SMILES string of the molecule is CCCCOc1nn2[nH]c(C)nc2c1Cl. The highest BCUT2D eigenvalue weighted by atomic mass is 35.5. The summed E-state index contributed by atoms with van der Waals surface area (Å²) >= 11 is 6.06. The van der Waals surface area contributed by atoms with Gasteiger partial charge in [-0.1, -0.05) is 24.9 Å². The van der Waals surface area contributed by atoms with Crippen LogP contribution in [0.15, 0.2) is 0 Å². The minimum Gasteiger partial charge on any atom is -0.475 e. The lowest BCUT2D eigenvalue weighted by Crippen LogP contribution is -1.98. The number of H-pyrrole nitrogens is 1. The number of unbranched alkanes of at least 4 members (excludes halogenated alkanes) is 1. The topological polar surface area (TPSA) is 55.2 Å². The maximum atomic E-state index is 6.06. The van der Waals surface area contributed by atoms with Gasteiger partial charge in [0.05, 0.1) is 6.61 Å². The van der Waals surface area contributed by atoms with Crippen molar-refractivity contribution in [3.05, 3.63) is 10.8 Å². The largest absolute Gasteiger partial charge is 0.475 e. The van der Waals surface area contributed by atoms with Gasteiger partial charge in [0.2, 0.25) is 0 Å². The molecule has 0 atom stereocenters. The first-order valence-corrected chi connectivity index (χ1v) is 5.33. The highest BCUT2D eigenvalue weighted by Gasteiger charge is 2.14. The molecule has 0 aliphatic heterocycles. The van der Waals surface area contributed by atoms with Crippen LogP contribution in [0.3, 0.4) is 0 Å². The highest BCUT2D eigenvalue weighted by molar-refractivity contribution is 6.34. The zero-order valence-corrected chi connectivity index (χ0v) is 9.51. The number of hydrogen-bond donors (Lipinski definition) is 1. The van der Waals surface area contributed by atoms with Gasteiger partial charge in [-0.05, 0) is 13.3 Å². The molecular formula is C9H13ClN4O. The molecule has 5 nitrogen and oxygen atoms in total. The minimum absolute atomic E-state index is 0.448. The van der Waals surface area contributed by atoms with E-state index in [0.29, 0.717) is 23.2 Å². The molecule has 0 radical (unpaired) electrons. The third-order valence-corrected chi connectivity index (χ3v) is 2.38. The molecule has 0 saturated heterocycles. The Morgan fingerprint density at radius 2 is 2.33 bits per heavy atom. The van der Waals surface area contributed by atoms with Crippen LogP contribution in [0.25, 0.3) is 5.65 Å². The van der Waals surface area contributed by atoms with Crippen LogP contribution in [0.2, 0.25) is 5.02 Å². The van der Waals surface area contributed by atoms with Gasteiger partial charge >= 0.3 is 0 Å². The highest BCUT2D eigenvalue weighted by Crippen LogP contribution is 2.26. The lowest BCUT2D eigenvalue weighted by Gasteiger charge is -2.00. The van der Waals surface area contributed by atoms with E-state index in [0.717, 1.165) is 18.7 Å². The summed E-state index contributed by atoms with van der Waals surface area (Å²) in [5.74, 6) is 1.23. The first-order valence-electron chi connectivity index (χ1n) is 4.96. The van der Waals surface area contributed by atoms with Crippen LogP contribution < -0.4 is 4.74 Å². The van der Waals surface area contributed by atoms with E-state index < -0.39 is 0 Å². The van der Waals surface area contributed by atoms with E-state index in [2.05, 4.69) is 22.1 Å². The lowest BCUT2D eigenvalue weighted by atomic mass is 10.4. The standard InChI is InChI=1S/C9H13ClN4O/c1-3-4-5-15-9-7(10)8-11-6(2)12-14(8)13-9/h3-5H2,1-2H3,(H,11,12). The molecule has 15 heavy (non-hydrogen) atoms. The summed E-state index contributed by atoms with van der Waals surface area (Å²) in [6.45, 7) is 4.59. The van der Waals surface area contributed by atoms with Crippen LogP contribution in [0.5, 0.6) is 5.88 Å². The molecule has 82 valence electrons. The fourth-order valence-corrected chi connectivity index (χ4v) is 1.50. The second-order valence-corrected chi connectivity index (χ2v) is 3.74. The third-order valence-electron chi connectivity index (χ3n) is 2.05. The number of rotatable bonds is 4. The first kappa shape index (κ1) is 10.3. The van der Waals surface area contributed by atoms with Crippen LogP contribution in [-0.4, -0.2) is 26.4 Å². The summed E-state index contributed by atoms with van der Waals surface area (Å²) in [4.78, 5) is 4.19. The van der Waals surface area contributed by atoms with Crippen LogP contribution in [-0.2, 0) is 0 Å². The van der Waals surface area contributed by atoms with Crippen molar-refractivity contribution in [2.75, 3.05) is 6.61 Å². The Bertz CT molecular complexity index is 462. The maximum Gasteiger partial charge on any atom is 0.256 e. The average molecular weight is 229 g/mol. The van der Waals surface area contributed by atoms with Gasteiger partial charge in [0.1, 0.15) is 5.82 Å². The minimum atomic E-state index is 0.448. The van der Waals surface area contributed by atoms with Crippen molar-refractivity contribution in [2.24, 2.45) is 0 Å². The Hall–Kier alpha value is -1.23. The second-order valence-electron chi connectivity index (χ2n) is 3.37. The molecule has 2 aromatic rings. The van der Waals surface area contributed by atoms with Crippen molar-refractivity contribution in [1.82, 2.24) is 19.8 Å². The van der Waals surface area contributed by atoms with Gasteiger partial charge in [-0.3, -0.25) is 5.10 Å². The fraction of sp³-hybridized carbons (Fsp3) is 0.556. The van der Waals surface area contributed by atoms with Crippen molar-refractivity contribution in [2.45, 2.75) is 26.7 Å². The second kappa shape index (κ2) is 4.10. The summed E-state index contributed by atoms with van der Waals surface area (Å²) < 4.78 is 6.96. The number of ether oxygens (including phenoxy) is 1. The number of aromatic amines is 1. The number of halogens is 1. The van der Waals surface area contributed by atoms with E-state index in [4.69, 9.17) is 16.3 Å². The van der Waals surface area contributed by atoms with Crippen LogP contribution in [0.4, 0.5) is 0 Å². The van der Waals surface area contributed by atoms with Crippen molar-refractivity contribution in [3.63, 3.8) is 0 Å². The molecule has 1 N–H and O–H groups in total. The molecule has 0 spiro atoms. The fourth-order valence-electron chi connectivity index (χ4n) is 1.29. The number of nitrogens with zero attached hydrogens (tertiary/aromatic N) is 3. The monoisotopic (exact) mass is 228 g/mol. The Morgan fingerprint density at radius 3 is 3.00 bits per heavy atom. The molecule has 2 aromatic heterocycles. The van der Waals surface area contributed by atoms with Crippen LogP contribution in [0, 0.1) is 6.92 Å². The number of aromatic nitrogens is 4. The Labute approximate surface area is 92.4 Å². The number of fused-ring (bicyclic) bond motifs is 1. The van der Waals surface area contributed by atoms with Gasteiger partial charge in [0.15, 0.2) is 10.7 Å². The zero-order chi connectivity index (χ0) is 10.8. The summed E-state index contributed by atoms with van der Waals surface area (Å²) in [6, 6.07) is 0. The zero-order valence-electron chi connectivity index (χ0n) is 8.75. The van der Waals surface area contributed by atoms with Gasteiger partial charge in [-0.2, -0.15) is 0 Å². The van der Waals surface area contributed by atoms with Crippen molar-refractivity contribution >= 4 is 17.2 Å². The van der Waals surface area contributed by atoms with Crippen LogP contribution >= 0.6 is 11.6 Å². The number of hydrogen-bond acceptors (Lipinski definition) is 3. The van der Waals surface area contributed by atoms with Crippen molar-refractivity contribution < 1.29 is 4.74 Å². The summed E-state index contributed by atoms with van der Waals surface area (Å²) in [7, 11) is 0. The summed E-state index contributed by atoms with van der Waals surface area (Å²) in [6.07, 6.45) is 2.08. The normalized spacial score (nSPS) is 11.1. The average Bonchev–Trinajstić information content (AvgIpc) is 2.68. The predicted molar refractivity (Wildman–Crippen MR) is 57.5 cm³/mol. The lowest BCUT2D eigenvalue weighted by molar-refractivity contribution is 0.295. The van der Waals surface area contributed by atoms with E-state index in [1.54, 1.807) is 0 Å². The molecule has 0 saturated carbocycles. The summed E-state index contributed by atoms with van der Waals surface area (Å²) in [5.41, 5.74) is 0.612.